The van der Waals surface area contributed by atoms with E-state index in [0.717, 1.165) is 12.0 Å². The third-order valence-electron chi connectivity index (χ3n) is 2.15. The summed E-state index contributed by atoms with van der Waals surface area (Å²) in [5.74, 6) is 0. The average molecular weight is 266 g/mol. The average Bonchev–Trinajstić information content (AvgIpc) is 2.24. The maximum absolute atomic E-state index is 5.68. The Morgan fingerprint density at radius 2 is 1.62 bits per heavy atom. The molecule has 0 aromatic heterocycles. The van der Waals surface area contributed by atoms with E-state index in [4.69, 9.17) is 18.0 Å². The first-order valence-corrected chi connectivity index (χ1v) is 6.77. The van der Waals surface area contributed by atoms with Gasteiger partial charge in [-0.2, -0.15) is 0 Å². The van der Waals surface area contributed by atoms with Gasteiger partial charge in [0.05, 0.1) is 6.61 Å². The fraction of sp³-hybridized carbons (Fsp3) is 0.800. The van der Waals surface area contributed by atoms with Crippen molar-refractivity contribution in [2.45, 2.75) is 26.0 Å². The molecule has 0 radical (unpaired) electrons. The van der Waals surface area contributed by atoms with Crippen LogP contribution in [-0.4, -0.2) is 53.4 Å². The minimum absolute atomic E-state index is 0. The number of hydrogen-bond donors (Lipinski definition) is 0. The van der Waals surface area contributed by atoms with Gasteiger partial charge in [-0.15, -0.1) is 0 Å². The van der Waals surface area contributed by atoms with Crippen molar-refractivity contribution in [1.82, 2.24) is 0 Å². The van der Waals surface area contributed by atoms with Gasteiger partial charge in [-0.25, -0.2) is 0 Å². The van der Waals surface area contributed by atoms with Crippen LogP contribution in [0.15, 0.2) is 12.2 Å². The summed E-state index contributed by atoms with van der Waals surface area (Å²) in [5.41, 5.74) is 0.828. The topological polar surface area (TPSA) is 36.9 Å². The molecular weight excluding hydrogens is 240 g/mol. The lowest BCUT2D eigenvalue weighted by Crippen LogP contribution is -2.55. The van der Waals surface area contributed by atoms with Gasteiger partial charge in [-0.3, -0.25) is 0 Å². The molecule has 0 fully saturated rings. The van der Waals surface area contributed by atoms with Crippen LogP contribution in [0.3, 0.4) is 0 Å². The van der Waals surface area contributed by atoms with Crippen molar-refractivity contribution in [2.24, 2.45) is 0 Å². The number of rotatable bonds is 8. The molecule has 0 bridgehead atoms. The zero-order valence-electron chi connectivity index (χ0n) is 10.3. The van der Waals surface area contributed by atoms with Crippen molar-refractivity contribution in [3.05, 3.63) is 12.2 Å². The van der Waals surface area contributed by atoms with E-state index in [0.29, 0.717) is 6.61 Å². The van der Waals surface area contributed by atoms with Gasteiger partial charge in [-0.05, 0) is 24.3 Å². The minimum atomic E-state index is -2.68. The molecule has 0 aromatic carbocycles. The van der Waals surface area contributed by atoms with Gasteiger partial charge >= 0.3 is 8.80 Å². The molecular formula is C10H26O4Si2. The van der Waals surface area contributed by atoms with Gasteiger partial charge in [0.2, 0.25) is 0 Å². The molecule has 98 valence electrons. The van der Waals surface area contributed by atoms with E-state index >= 15 is 0 Å². The second kappa shape index (κ2) is 9.09. The normalized spacial score (nSPS) is 13.1. The molecule has 0 saturated heterocycles. The minimum Gasteiger partial charge on any atom is -0.375 e. The molecule has 0 aliphatic rings. The van der Waals surface area contributed by atoms with E-state index in [2.05, 4.69) is 6.58 Å². The molecule has 0 aliphatic carbocycles. The Bertz CT molecular complexity index is 187. The van der Waals surface area contributed by atoms with Gasteiger partial charge in [0.1, 0.15) is 5.73 Å². The van der Waals surface area contributed by atoms with Crippen molar-refractivity contribution in [2.75, 3.05) is 27.9 Å². The fourth-order valence-corrected chi connectivity index (χ4v) is 3.43. The Hall–Kier alpha value is 0.0138. The lowest BCUT2D eigenvalue weighted by Gasteiger charge is -2.31. The van der Waals surface area contributed by atoms with Crippen molar-refractivity contribution < 1.29 is 18.0 Å². The van der Waals surface area contributed by atoms with Gasteiger partial charge < -0.3 is 18.0 Å². The summed E-state index contributed by atoms with van der Waals surface area (Å²) in [4.78, 5) is 0. The predicted octanol–water partition coefficient (Wildman–Crippen LogP) is 0.323. The molecule has 0 N–H and O–H groups in total. The van der Waals surface area contributed by atoms with E-state index < -0.39 is 8.80 Å². The molecule has 0 aromatic rings. The first-order valence-electron chi connectivity index (χ1n) is 4.97. The van der Waals surface area contributed by atoms with Crippen LogP contribution in [0.2, 0.25) is 0 Å². The summed E-state index contributed by atoms with van der Waals surface area (Å²) in [6, 6.07) is 0. The molecule has 0 aliphatic heterocycles. The molecule has 0 spiro atoms. The highest BCUT2D eigenvalue weighted by atomic mass is 28.4. The van der Waals surface area contributed by atoms with Crippen LogP contribution in [0.4, 0.5) is 0 Å². The smallest absolute Gasteiger partial charge is 0.375 e. The highest BCUT2D eigenvalue weighted by molar-refractivity contribution is 6.62. The number of hydrogen-bond acceptors (Lipinski definition) is 4. The quantitative estimate of drug-likeness (QED) is 0.468. The number of ether oxygens (including phenoxy) is 1. The van der Waals surface area contributed by atoms with E-state index in [1.807, 2.05) is 13.8 Å². The third kappa shape index (κ3) is 4.90. The predicted molar refractivity (Wildman–Crippen MR) is 73.0 cm³/mol. The summed E-state index contributed by atoms with van der Waals surface area (Å²) in [6.07, 6.45) is 0.787. The molecule has 4 nitrogen and oxygen atoms in total. The Morgan fingerprint density at radius 1 is 1.19 bits per heavy atom. The van der Waals surface area contributed by atoms with Crippen LogP contribution >= 0.6 is 0 Å². The van der Waals surface area contributed by atoms with E-state index in [1.165, 1.54) is 0 Å². The highest BCUT2D eigenvalue weighted by Gasteiger charge is 2.47. The van der Waals surface area contributed by atoms with Gasteiger partial charge in [-0.1, -0.05) is 19.1 Å². The van der Waals surface area contributed by atoms with Gasteiger partial charge in [0.15, 0.2) is 0 Å². The molecule has 6 heteroatoms. The molecule has 1 atom stereocenters. The van der Waals surface area contributed by atoms with Crippen molar-refractivity contribution in [1.29, 1.82) is 0 Å². The van der Waals surface area contributed by atoms with Crippen LogP contribution < -0.4 is 0 Å². The van der Waals surface area contributed by atoms with E-state index in [1.54, 1.807) is 21.3 Å². The molecule has 1 unspecified atom stereocenters. The molecule has 0 amide bonds. The van der Waals surface area contributed by atoms with Crippen molar-refractivity contribution in [3.8, 4) is 0 Å². The Labute approximate surface area is 104 Å². The second-order valence-corrected chi connectivity index (χ2v) is 6.46. The van der Waals surface area contributed by atoms with Gasteiger partial charge in [0, 0.05) is 21.3 Å². The lowest BCUT2D eigenvalue weighted by atomic mass is 10.4. The molecule has 0 rings (SSSR count). The van der Waals surface area contributed by atoms with Crippen molar-refractivity contribution >= 4 is 19.8 Å². The van der Waals surface area contributed by atoms with Crippen molar-refractivity contribution in [3.63, 3.8) is 0 Å². The van der Waals surface area contributed by atoms with Crippen LogP contribution in [0.5, 0.6) is 0 Å². The highest BCUT2D eigenvalue weighted by Crippen LogP contribution is 2.18. The summed E-state index contributed by atoms with van der Waals surface area (Å²) >= 11 is 0. The SMILES string of the molecule is C=C(C)COC(CC)[Si](OC)(OC)OC.[SiH4]. The maximum Gasteiger partial charge on any atom is 0.530 e. The van der Waals surface area contributed by atoms with E-state index in [-0.39, 0.29) is 16.7 Å². The Kier molecular flexibility index (Phi) is 10.4. The van der Waals surface area contributed by atoms with Crippen LogP contribution in [0, 0.1) is 0 Å². The molecule has 0 saturated carbocycles. The zero-order chi connectivity index (χ0) is 11.9. The zero-order valence-corrected chi connectivity index (χ0v) is 11.3. The fourth-order valence-electron chi connectivity index (χ4n) is 1.36. The summed E-state index contributed by atoms with van der Waals surface area (Å²) < 4.78 is 21.8. The summed E-state index contributed by atoms with van der Waals surface area (Å²) in [5, 5.41) is 0. The lowest BCUT2D eigenvalue weighted by molar-refractivity contribution is 0.0199. The van der Waals surface area contributed by atoms with Crippen LogP contribution in [0.1, 0.15) is 20.3 Å². The first kappa shape index (κ1) is 18.4. The largest absolute Gasteiger partial charge is 0.530 e. The summed E-state index contributed by atoms with van der Waals surface area (Å²) in [6.45, 7) is 8.23. The maximum atomic E-state index is 5.68. The van der Waals surface area contributed by atoms with Gasteiger partial charge in [0.25, 0.3) is 0 Å². The van der Waals surface area contributed by atoms with Crippen LogP contribution in [0.25, 0.3) is 0 Å². The third-order valence-corrected chi connectivity index (χ3v) is 5.22. The second-order valence-electron chi connectivity index (χ2n) is 3.38. The monoisotopic (exact) mass is 266 g/mol. The molecule has 0 heterocycles. The standard InChI is InChI=1S/C10H22O4Si.H4Si/c1-7-10(14-8-9(2)3)15(11-4,12-5)13-6;/h10H,2,7-8H2,1,3-6H3;1H4. The Balaban J connectivity index is 0. The first-order chi connectivity index (χ1) is 7.06. The van der Waals surface area contributed by atoms with E-state index in [9.17, 15) is 0 Å². The molecule has 16 heavy (non-hydrogen) atoms. The summed E-state index contributed by atoms with van der Waals surface area (Å²) in [7, 11) is 2.09. The Morgan fingerprint density at radius 3 is 1.88 bits per heavy atom. The van der Waals surface area contributed by atoms with Crippen LogP contribution in [-0.2, 0) is 18.0 Å².